The summed E-state index contributed by atoms with van der Waals surface area (Å²) in [5.41, 5.74) is 2.68. The second-order valence-corrected chi connectivity index (χ2v) is 3.74. The van der Waals surface area contributed by atoms with Gasteiger partial charge in [-0.1, -0.05) is 0 Å². The largest absolute Gasteiger partial charge is 0.477 e. The highest BCUT2D eigenvalue weighted by Crippen LogP contribution is 2.27. The topological polar surface area (TPSA) is 52.3 Å². The molecule has 0 aliphatic heterocycles. The molecule has 3 aromatic rings. The molecule has 5 heteroatoms. The van der Waals surface area contributed by atoms with Crippen LogP contribution in [-0.2, 0) is 0 Å². The Bertz CT molecular complexity index is 677. The number of hydrogen-bond acceptors (Lipinski definition) is 4. The fourth-order valence-electron chi connectivity index (χ4n) is 1.88. The zero-order chi connectivity index (χ0) is 12.4. The lowest BCUT2D eigenvalue weighted by Gasteiger charge is -2.07. The maximum absolute atomic E-state index is 5.54. The molecule has 0 radical (unpaired) electrons. The number of fused-ring (bicyclic) bond motifs is 1. The van der Waals surface area contributed by atoms with Crippen LogP contribution in [0.2, 0.25) is 0 Å². The van der Waals surface area contributed by atoms with Gasteiger partial charge in [0, 0.05) is 18.6 Å². The van der Waals surface area contributed by atoms with E-state index in [0.717, 1.165) is 16.9 Å². The highest BCUT2D eigenvalue weighted by atomic mass is 16.5. The third-order valence-corrected chi connectivity index (χ3v) is 2.65. The predicted octanol–water partition coefficient (Wildman–Crippen LogP) is 2.19. The molecule has 0 bridgehead atoms. The van der Waals surface area contributed by atoms with Gasteiger partial charge < -0.3 is 4.74 Å². The van der Waals surface area contributed by atoms with Crippen LogP contribution in [0.5, 0.6) is 5.88 Å². The van der Waals surface area contributed by atoms with Crippen LogP contribution in [0.3, 0.4) is 0 Å². The van der Waals surface area contributed by atoms with Crippen LogP contribution in [-0.4, -0.2) is 26.0 Å². The second kappa shape index (κ2) is 4.44. The summed E-state index contributed by atoms with van der Waals surface area (Å²) in [6.07, 6.45) is 8.85. The molecule has 18 heavy (non-hydrogen) atoms. The highest BCUT2D eigenvalue weighted by molar-refractivity contribution is 5.67. The molecule has 90 valence electrons. The fourth-order valence-corrected chi connectivity index (χ4v) is 1.88. The van der Waals surface area contributed by atoms with Crippen molar-refractivity contribution in [3.05, 3.63) is 43.1 Å². The van der Waals surface area contributed by atoms with Crippen LogP contribution >= 0.6 is 0 Å². The number of aromatic nitrogens is 4. The Kier molecular flexibility index (Phi) is 2.64. The Hall–Kier alpha value is -2.43. The zero-order valence-corrected chi connectivity index (χ0v) is 9.95. The number of rotatable bonds is 3. The van der Waals surface area contributed by atoms with Gasteiger partial charge in [-0.2, -0.15) is 0 Å². The van der Waals surface area contributed by atoms with Gasteiger partial charge in [-0.3, -0.25) is 9.38 Å². The molecule has 3 rings (SSSR count). The molecule has 3 heterocycles. The van der Waals surface area contributed by atoms with Crippen LogP contribution < -0.4 is 4.74 Å². The second-order valence-electron chi connectivity index (χ2n) is 3.74. The highest BCUT2D eigenvalue weighted by Gasteiger charge is 2.11. The van der Waals surface area contributed by atoms with Crippen LogP contribution in [0.4, 0.5) is 0 Å². The molecule has 3 aromatic heterocycles. The number of nitrogens with zero attached hydrogens (tertiary/aromatic N) is 4. The van der Waals surface area contributed by atoms with E-state index >= 15 is 0 Å². The molecule has 0 aromatic carbocycles. The number of pyridine rings is 1. The number of hydrogen-bond donors (Lipinski definition) is 0. The Balaban J connectivity index is 2.20. The molecule has 0 aliphatic rings. The van der Waals surface area contributed by atoms with Gasteiger partial charge in [0.05, 0.1) is 30.3 Å². The Morgan fingerprint density at radius 3 is 3.06 bits per heavy atom. The van der Waals surface area contributed by atoms with Gasteiger partial charge in [-0.25, -0.2) is 9.97 Å². The number of ether oxygens (including phenoxy) is 1. The average Bonchev–Trinajstić information content (AvgIpc) is 2.84. The Morgan fingerprint density at radius 2 is 2.17 bits per heavy atom. The smallest absolute Gasteiger partial charge is 0.222 e. The van der Waals surface area contributed by atoms with E-state index in [9.17, 15) is 0 Å². The van der Waals surface area contributed by atoms with Gasteiger partial charge >= 0.3 is 0 Å². The summed E-state index contributed by atoms with van der Waals surface area (Å²) in [4.78, 5) is 12.6. The minimum Gasteiger partial charge on any atom is -0.477 e. The van der Waals surface area contributed by atoms with Crippen molar-refractivity contribution in [3.63, 3.8) is 0 Å². The lowest BCUT2D eigenvalue weighted by Crippen LogP contribution is -1.98. The van der Waals surface area contributed by atoms with Crippen LogP contribution in [0, 0.1) is 0 Å². The molecular formula is C13H12N4O. The lowest BCUT2D eigenvalue weighted by molar-refractivity contribution is 0.328. The monoisotopic (exact) mass is 240 g/mol. The van der Waals surface area contributed by atoms with E-state index in [1.165, 1.54) is 0 Å². The van der Waals surface area contributed by atoms with E-state index in [4.69, 9.17) is 4.74 Å². The molecule has 0 atom stereocenters. The maximum Gasteiger partial charge on any atom is 0.222 e. The standard InChI is InChI=1S/C13H12N4O/c1-2-18-13-10(4-3-5-15-13)11-8-16-12-9-14-6-7-17(11)12/h3-9H,2H2,1H3. The van der Waals surface area contributed by atoms with Crippen molar-refractivity contribution in [3.8, 4) is 17.1 Å². The summed E-state index contributed by atoms with van der Waals surface area (Å²) in [7, 11) is 0. The van der Waals surface area contributed by atoms with Crippen molar-refractivity contribution in [2.24, 2.45) is 0 Å². The summed E-state index contributed by atoms with van der Waals surface area (Å²) in [5, 5.41) is 0. The van der Waals surface area contributed by atoms with E-state index in [1.807, 2.05) is 29.7 Å². The average molecular weight is 240 g/mol. The fraction of sp³-hybridized carbons (Fsp3) is 0.154. The molecule has 5 nitrogen and oxygen atoms in total. The van der Waals surface area contributed by atoms with Crippen molar-refractivity contribution in [2.45, 2.75) is 6.92 Å². The molecular weight excluding hydrogens is 228 g/mol. The van der Waals surface area contributed by atoms with Crippen molar-refractivity contribution in [2.75, 3.05) is 6.61 Å². The predicted molar refractivity (Wildman–Crippen MR) is 67.4 cm³/mol. The third-order valence-electron chi connectivity index (χ3n) is 2.65. The van der Waals surface area contributed by atoms with E-state index in [0.29, 0.717) is 12.5 Å². The van der Waals surface area contributed by atoms with Crippen LogP contribution in [0.25, 0.3) is 16.9 Å². The third kappa shape index (κ3) is 1.69. The lowest BCUT2D eigenvalue weighted by atomic mass is 10.2. The molecule has 0 N–H and O–H groups in total. The summed E-state index contributed by atoms with van der Waals surface area (Å²) in [5.74, 6) is 0.624. The molecule has 0 aliphatic carbocycles. The van der Waals surface area contributed by atoms with E-state index in [2.05, 4.69) is 15.0 Å². The first-order valence-corrected chi connectivity index (χ1v) is 5.75. The molecule has 0 amide bonds. The van der Waals surface area contributed by atoms with Gasteiger partial charge in [0.2, 0.25) is 5.88 Å². The SMILES string of the molecule is CCOc1ncccc1-c1cnc2cnccn12. The Morgan fingerprint density at radius 1 is 1.22 bits per heavy atom. The van der Waals surface area contributed by atoms with Gasteiger partial charge in [-0.05, 0) is 19.1 Å². The van der Waals surface area contributed by atoms with Gasteiger partial charge in [0.1, 0.15) is 0 Å². The summed E-state index contributed by atoms with van der Waals surface area (Å²) >= 11 is 0. The molecule has 0 spiro atoms. The molecule has 0 unspecified atom stereocenters. The maximum atomic E-state index is 5.54. The van der Waals surface area contributed by atoms with Crippen molar-refractivity contribution in [1.82, 2.24) is 19.4 Å². The summed E-state index contributed by atoms with van der Waals surface area (Å²) in [6.45, 7) is 2.53. The van der Waals surface area contributed by atoms with Crippen LogP contribution in [0.1, 0.15) is 6.92 Å². The van der Waals surface area contributed by atoms with E-state index < -0.39 is 0 Å². The number of imidazole rings is 1. The van der Waals surface area contributed by atoms with E-state index in [1.54, 1.807) is 24.8 Å². The zero-order valence-electron chi connectivity index (χ0n) is 9.95. The minimum absolute atomic E-state index is 0.586. The first-order valence-electron chi connectivity index (χ1n) is 5.75. The van der Waals surface area contributed by atoms with E-state index in [-0.39, 0.29) is 0 Å². The Labute approximate surface area is 104 Å². The summed E-state index contributed by atoms with van der Waals surface area (Å²) in [6, 6.07) is 3.86. The molecule has 0 saturated heterocycles. The first-order chi connectivity index (χ1) is 8.90. The molecule has 0 fully saturated rings. The minimum atomic E-state index is 0.586. The van der Waals surface area contributed by atoms with Gasteiger partial charge in [-0.15, -0.1) is 0 Å². The molecule has 0 saturated carbocycles. The van der Waals surface area contributed by atoms with Crippen molar-refractivity contribution in [1.29, 1.82) is 0 Å². The quantitative estimate of drug-likeness (QED) is 0.704. The van der Waals surface area contributed by atoms with Crippen LogP contribution in [0.15, 0.2) is 43.1 Å². The van der Waals surface area contributed by atoms with Gasteiger partial charge in [0.25, 0.3) is 0 Å². The van der Waals surface area contributed by atoms with Crippen molar-refractivity contribution >= 4 is 5.65 Å². The van der Waals surface area contributed by atoms with Gasteiger partial charge in [0.15, 0.2) is 5.65 Å². The normalized spacial score (nSPS) is 10.7. The summed E-state index contributed by atoms with van der Waals surface area (Å²) < 4.78 is 7.51. The first kappa shape index (κ1) is 10.7. The van der Waals surface area contributed by atoms with Crippen molar-refractivity contribution < 1.29 is 4.74 Å².